The van der Waals surface area contributed by atoms with E-state index in [2.05, 4.69) is 185 Å². The van der Waals surface area contributed by atoms with Gasteiger partial charge in [-0.2, -0.15) is 0 Å². The number of para-hydroxylation sites is 2. The molecule has 0 radical (unpaired) electrons. The second-order valence-electron chi connectivity index (χ2n) is 19.5. The van der Waals surface area contributed by atoms with Crippen LogP contribution in [-0.4, -0.2) is 0 Å². The van der Waals surface area contributed by atoms with Crippen molar-refractivity contribution in [2.45, 2.75) is 38.5 Å². The van der Waals surface area contributed by atoms with E-state index in [1.54, 1.807) is 0 Å². The molecule has 0 saturated heterocycles. The molecule has 3 aromatic heterocycles. The standard InChI is InChI=1S/C62H40O3/c1-61(2)49-17-9-5-13-35(49)43-27-41-39(33-21-23-55-45(25-33)37-15-7-11-19-53(37)63-55)31-57-59(47(41)29-51(43)61)60-48-30-52-44(36-14-6-10-18-50(36)62(52,3)4)28-42(48)40(32-58(60)65-57)34-22-24-56-46(26-34)38-16-8-12-20-54(38)64-56/h5-32H,1-4H3. The molecule has 0 bridgehead atoms. The molecule has 0 unspecified atom stereocenters. The molecule has 2 aliphatic carbocycles. The normalized spacial score (nSPS) is 14.7. The molecular weight excluding hydrogens is 793 g/mol. The Hall–Kier alpha value is -7.88. The maximum atomic E-state index is 7.31. The second kappa shape index (κ2) is 12.0. The molecule has 0 N–H and O–H groups in total. The average molecular weight is 833 g/mol. The van der Waals surface area contributed by atoms with Crippen molar-refractivity contribution in [2.24, 2.45) is 0 Å². The van der Waals surface area contributed by atoms with Crippen LogP contribution < -0.4 is 0 Å². The lowest BCUT2D eigenvalue weighted by Crippen LogP contribution is -2.14. The lowest BCUT2D eigenvalue weighted by atomic mass is 9.80. The molecule has 15 rings (SSSR count). The van der Waals surface area contributed by atoms with E-state index in [0.717, 1.165) is 88.1 Å². The van der Waals surface area contributed by atoms with Gasteiger partial charge in [0.1, 0.15) is 33.5 Å². The van der Waals surface area contributed by atoms with Gasteiger partial charge in [0.2, 0.25) is 0 Å². The highest BCUT2D eigenvalue weighted by molar-refractivity contribution is 6.31. The van der Waals surface area contributed by atoms with Gasteiger partial charge in [-0.25, -0.2) is 0 Å². The fraction of sp³-hybridized carbons (Fsp3) is 0.0968. The zero-order valence-electron chi connectivity index (χ0n) is 36.4. The van der Waals surface area contributed by atoms with Gasteiger partial charge in [0.25, 0.3) is 0 Å². The van der Waals surface area contributed by atoms with Gasteiger partial charge in [-0.1, -0.05) is 125 Å². The Balaban J connectivity index is 1.10. The minimum Gasteiger partial charge on any atom is -0.456 e. The summed E-state index contributed by atoms with van der Waals surface area (Å²) in [5.41, 5.74) is 20.1. The zero-order chi connectivity index (χ0) is 43.1. The van der Waals surface area contributed by atoms with Crippen molar-refractivity contribution in [3.05, 3.63) is 192 Å². The predicted octanol–water partition coefficient (Wildman–Crippen LogP) is 17.6. The van der Waals surface area contributed by atoms with Gasteiger partial charge in [0.05, 0.1) is 0 Å². The summed E-state index contributed by atoms with van der Waals surface area (Å²) in [6.07, 6.45) is 0. The molecule has 2 aliphatic rings. The Morgan fingerprint density at radius 2 is 0.662 bits per heavy atom. The van der Waals surface area contributed by atoms with Crippen molar-refractivity contribution in [1.82, 2.24) is 0 Å². The number of furan rings is 3. The highest BCUT2D eigenvalue weighted by Gasteiger charge is 2.38. The van der Waals surface area contributed by atoms with Crippen LogP contribution in [0.25, 0.3) is 132 Å². The summed E-state index contributed by atoms with van der Waals surface area (Å²) < 4.78 is 20.0. The number of hydrogen-bond donors (Lipinski definition) is 0. The van der Waals surface area contributed by atoms with Crippen LogP contribution in [0.4, 0.5) is 0 Å². The second-order valence-corrected chi connectivity index (χ2v) is 19.5. The molecule has 3 heterocycles. The Morgan fingerprint density at radius 3 is 1.14 bits per heavy atom. The molecule has 0 saturated carbocycles. The van der Waals surface area contributed by atoms with E-state index in [4.69, 9.17) is 13.3 Å². The average Bonchev–Trinajstić information content (AvgIpc) is 4.11. The van der Waals surface area contributed by atoms with Crippen molar-refractivity contribution >= 4 is 87.4 Å². The molecule has 0 atom stereocenters. The molecule has 306 valence electrons. The minimum atomic E-state index is -0.182. The third kappa shape index (κ3) is 4.55. The summed E-state index contributed by atoms with van der Waals surface area (Å²) >= 11 is 0. The molecule has 0 spiro atoms. The summed E-state index contributed by atoms with van der Waals surface area (Å²) in [4.78, 5) is 0. The fourth-order valence-electron chi connectivity index (χ4n) is 12.2. The zero-order valence-corrected chi connectivity index (χ0v) is 36.4. The highest BCUT2D eigenvalue weighted by Crippen LogP contribution is 2.55. The smallest absolute Gasteiger partial charge is 0.136 e. The summed E-state index contributed by atoms with van der Waals surface area (Å²) in [7, 11) is 0. The molecule has 13 aromatic rings. The molecule has 10 aromatic carbocycles. The maximum absolute atomic E-state index is 7.31. The Morgan fingerprint density at radius 1 is 0.262 bits per heavy atom. The van der Waals surface area contributed by atoms with Crippen LogP contribution in [0.2, 0.25) is 0 Å². The summed E-state index contributed by atoms with van der Waals surface area (Å²) in [6, 6.07) is 62.4. The van der Waals surface area contributed by atoms with Gasteiger partial charge < -0.3 is 13.3 Å². The van der Waals surface area contributed by atoms with Crippen LogP contribution in [0.3, 0.4) is 0 Å². The molecule has 65 heavy (non-hydrogen) atoms. The summed E-state index contributed by atoms with van der Waals surface area (Å²) in [5, 5.41) is 11.6. The van der Waals surface area contributed by atoms with E-state index in [1.165, 1.54) is 66.1 Å². The molecule has 0 aliphatic heterocycles. The quantitative estimate of drug-likeness (QED) is 0.174. The van der Waals surface area contributed by atoms with Crippen LogP contribution in [-0.2, 0) is 10.8 Å². The van der Waals surface area contributed by atoms with Crippen molar-refractivity contribution in [3.63, 3.8) is 0 Å². The largest absolute Gasteiger partial charge is 0.456 e. The predicted molar refractivity (Wildman–Crippen MR) is 269 cm³/mol. The number of rotatable bonds is 2. The monoisotopic (exact) mass is 832 g/mol. The highest BCUT2D eigenvalue weighted by atomic mass is 16.3. The van der Waals surface area contributed by atoms with Gasteiger partial charge in [-0.05, 0) is 161 Å². The van der Waals surface area contributed by atoms with Crippen molar-refractivity contribution < 1.29 is 13.3 Å². The first-order chi connectivity index (χ1) is 31.7. The van der Waals surface area contributed by atoms with Gasteiger partial charge >= 0.3 is 0 Å². The number of fused-ring (bicyclic) bond motifs is 19. The Labute approximate surface area is 374 Å². The first-order valence-electron chi connectivity index (χ1n) is 22.7. The topological polar surface area (TPSA) is 39.4 Å². The maximum Gasteiger partial charge on any atom is 0.136 e. The van der Waals surface area contributed by atoms with E-state index in [-0.39, 0.29) is 10.8 Å². The lowest BCUT2D eigenvalue weighted by Gasteiger charge is -2.22. The Bertz CT molecular complexity index is 4020. The minimum absolute atomic E-state index is 0.182. The van der Waals surface area contributed by atoms with Gasteiger partial charge in [0.15, 0.2) is 0 Å². The van der Waals surface area contributed by atoms with E-state index in [9.17, 15) is 0 Å². The van der Waals surface area contributed by atoms with Crippen molar-refractivity contribution in [2.75, 3.05) is 0 Å². The van der Waals surface area contributed by atoms with Gasteiger partial charge in [-0.3, -0.25) is 0 Å². The van der Waals surface area contributed by atoms with Crippen LogP contribution in [0.15, 0.2) is 183 Å². The Kier molecular flexibility index (Phi) is 6.57. The van der Waals surface area contributed by atoms with E-state index >= 15 is 0 Å². The lowest BCUT2D eigenvalue weighted by molar-refractivity contribution is 0.661. The van der Waals surface area contributed by atoms with Crippen molar-refractivity contribution in [3.8, 4) is 44.5 Å². The van der Waals surface area contributed by atoms with Crippen LogP contribution in [0.5, 0.6) is 0 Å². The fourth-order valence-corrected chi connectivity index (χ4v) is 12.2. The first kappa shape index (κ1) is 35.6. The third-order valence-corrected chi connectivity index (χ3v) is 15.5. The van der Waals surface area contributed by atoms with Crippen LogP contribution >= 0.6 is 0 Å². The number of hydrogen-bond acceptors (Lipinski definition) is 3. The van der Waals surface area contributed by atoms with E-state index in [0.29, 0.717) is 0 Å². The molecule has 0 fully saturated rings. The first-order valence-corrected chi connectivity index (χ1v) is 22.7. The number of benzene rings is 10. The van der Waals surface area contributed by atoms with Crippen LogP contribution in [0, 0.1) is 0 Å². The van der Waals surface area contributed by atoms with Crippen molar-refractivity contribution in [1.29, 1.82) is 0 Å². The van der Waals surface area contributed by atoms with Gasteiger partial charge in [0, 0.05) is 43.1 Å². The third-order valence-electron chi connectivity index (χ3n) is 15.5. The SMILES string of the molecule is CC1(C)c2ccccc2-c2cc3c(-c4ccc5oc6ccccc6c5c4)cc4oc5cc(-c6ccc7oc8ccccc8c7c6)c6cc7c(cc6c5c4c3cc21)C(C)(C)c1ccccc1-7. The molecule has 3 nitrogen and oxygen atoms in total. The molecular formula is C62H40O3. The summed E-state index contributed by atoms with van der Waals surface area (Å²) in [5.74, 6) is 0. The van der Waals surface area contributed by atoms with Gasteiger partial charge in [-0.15, -0.1) is 0 Å². The van der Waals surface area contributed by atoms with E-state index in [1.807, 2.05) is 12.1 Å². The molecule has 3 heteroatoms. The molecule has 0 amide bonds. The van der Waals surface area contributed by atoms with Crippen LogP contribution in [0.1, 0.15) is 49.9 Å². The van der Waals surface area contributed by atoms with E-state index < -0.39 is 0 Å². The summed E-state index contributed by atoms with van der Waals surface area (Å²) in [6.45, 7) is 9.50.